The molecule has 0 aromatic heterocycles. The van der Waals surface area contributed by atoms with Crippen LogP contribution >= 0.6 is 0 Å². The first-order chi connectivity index (χ1) is 12.0. The third-order valence-electron chi connectivity index (χ3n) is 3.59. The number of benzene rings is 1. The minimum Gasteiger partial charge on any atom is -0.480 e. The molecule has 2 amide bonds. The molecule has 0 bridgehead atoms. The summed E-state index contributed by atoms with van der Waals surface area (Å²) in [5.74, 6) is -2.06. The van der Waals surface area contributed by atoms with Crippen molar-refractivity contribution in [2.24, 2.45) is 0 Å². The Bertz CT molecular complexity index is 791. The number of hydrogen-bond donors (Lipinski definition) is 2. The van der Waals surface area contributed by atoms with Crippen molar-refractivity contribution in [2.75, 3.05) is 27.2 Å². The molecule has 9 nitrogen and oxygen atoms in total. The van der Waals surface area contributed by atoms with Crippen molar-refractivity contribution in [3.63, 3.8) is 0 Å². The molecule has 1 aromatic carbocycles. The minimum absolute atomic E-state index is 0.0392. The Morgan fingerprint density at radius 2 is 1.85 bits per heavy atom. The monoisotopic (exact) mass is 385 g/mol. The molecule has 0 heterocycles. The highest BCUT2D eigenvalue weighted by Gasteiger charge is 2.33. The number of amides is 2. The zero-order valence-corrected chi connectivity index (χ0v) is 15.9. The Labute approximate surface area is 152 Å². The van der Waals surface area contributed by atoms with Crippen molar-refractivity contribution in [1.82, 2.24) is 14.5 Å². The van der Waals surface area contributed by atoms with Crippen LogP contribution < -0.4 is 5.32 Å². The SMILES string of the molecule is CC(=O)NCCN(C(C)C(=O)O)S(=O)(=O)c1cccc(C(=O)N(C)C)c1. The Morgan fingerprint density at radius 3 is 2.35 bits per heavy atom. The van der Waals surface area contributed by atoms with E-state index < -0.39 is 22.0 Å². The molecule has 1 unspecified atom stereocenters. The van der Waals surface area contributed by atoms with Gasteiger partial charge in [-0.3, -0.25) is 14.4 Å². The topological polar surface area (TPSA) is 124 Å². The highest BCUT2D eigenvalue weighted by atomic mass is 32.2. The van der Waals surface area contributed by atoms with Crippen molar-refractivity contribution >= 4 is 27.8 Å². The van der Waals surface area contributed by atoms with Crippen LogP contribution in [0.25, 0.3) is 0 Å². The van der Waals surface area contributed by atoms with Gasteiger partial charge in [0.2, 0.25) is 15.9 Å². The summed E-state index contributed by atoms with van der Waals surface area (Å²) in [4.78, 5) is 35.5. The molecule has 0 saturated heterocycles. The molecule has 1 rings (SSSR count). The summed E-state index contributed by atoms with van der Waals surface area (Å²) in [5.41, 5.74) is 0.167. The maximum Gasteiger partial charge on any atom is 0.321 e. The molecular formula is C16H23N3O6S. The van der Waals surface area contributed by atoms with E-state index >= 15 is 0 Å². The third kappa shape index (κ3) is 5.27. The van der Waals surface area contributed by atoms with Crippen LogP contribution in [0.3, 0.4) is 0 Å². The molecule has 0 saturated carbocycles. The van der Waals surface area contributed by atoms with E-state index in [2.05, 4.69) is 5.32 Å². The Kier molecular flexibility index (Phi) is 7.28. The Hall–Kier alpha value is -2.46. The molecule has 0 spiro atoms. The molecule has 10 heteroatoms. The summed E-state index contributed by atoms with van der Waals surface area (Å²) in [6.45, 7) is 2.25. The minimum atomic E-state index is -4.19. The number of carboxylic acids is 1. The summed E-state index contributed by atoms with van der Waals surface area (Å²) >= 11 is 0. The predicted octanol–water partition coefficient (Wildman–Crippen LogP) is -0.0117. The van der Waals surface area contributed by atoms with Gasteiger partial charge < -0.3 is 15.3 Å². The second kappa shape index (κ2) is 8.77. The summed E-state index contributed by atoms with van der Waals surface area (Å²) in [6.07, 6.45) is 0. The largest absolute Gasteiger partial charge is 0.480 e. The number of hydrogen-bond acceptors (Lipinski definition) is 5. The molecule has 144 valence electrons. The van der Waals surface area contributed by atoms with Crippen LogP contribution in [-0.2, 0) is 19.6 Å². The summed E-state index contributed by atoms with van der Waals surface area (Å²) in [7, 11) is -1.12. The van der Waals surface area contributed by atoms with Crippen molar-refractivity contribution in [3.8, 4) is 0 Å². The van der Waals surface area contributed by atoms with Gasteiger partial charge in [-0.2, -0.15) is 4.31 Å². The first-order valence-electron chi connectivity index (χ1n) is 7.79. The molecule has 0 radical (unpaired) electrons. The number of carboxylic acid groups (broad SMARTS) is 1. The number of rotatable bonds is 8. The van der Waals surface area contributed by atoms with Gasteiger partial charge in [0.05, 0.1) is 4.90 Å². The molecule has 0 aliphatic carbocycles. The first kappa shape index (κ1) is 21.6. The maximum atomic E-state index is 12.9. The standard InChI is InChI=1S/C16H23N3O6S/c1-11(16(22)23)19(9-8-17-12(2)20)26(24,25)14-7-5-6-13(10-14)15(21)18(3)4/h5-7,10-11H,8-9H2,1-4H3,(H,17,20)(H,22,23). The van der Waals surface area contributed by atoms with Gasteiger partial charge in [0.1, 0.15) is 6.04 Å². The van der Waals surface area contributed by atoms with Crippen molar-refractivity contribution in [3.05, 3.63) is 29.8 Å². The highest BCUT2D eigenvalue weighted by Crippen LogP contribution is 2.20. The van der Waals surface area contributed by atoms with E-state index in [1.807, 2.05) is 0 Å². The number of carbonyl (C=O) groups excluding carboxylic acids is 2. The number of aliphatic carboxylic acids is 1. The first-order valence-corrected chi connectivity index (χ1v) is 9.23. The molecule has 1 aromatic rings. The highest BCUT2D eigenvalue weighted by molar-refractivity contribution is 7.89. The number of sulfonamides is 1. The van der Waals surface area contributed by atoms with E-state index in [0.29, 0.717) is 0 Å². The van der Waals surface area contributed by atoms with Gasteiger partial charge in [-0.25, -0.2) is 8.42 Å². The van der Waals surface area contributed by atoms with Crippen LogP contribution in [0.2, 0.25) is 0 Å². The lowest BCUT2D eigenvalue weighted by molar-refractivity contribution is -0.140. The van der Waals surface area contributed by atoms with Crippen molar-refractivity contribution in [1.29, 1.82) is 0 Å². The van der Waals surface area contributed by atoms with Crippen LogP contribution in [0.5, 0.6) is 0 Å². The summed E-state index contributed by atoms with van der Waals surface area (Å²) < 4.78 is 26.6. The lowest BCUT2D eigenvalue weighted by atomic mass is 10.2. The average molecular weight is 385 g/mol. The van der Waals surface area contributed by atoms with Crippen LogP contribution in [0, 0.1) is 0 Å². The van der Waals surface area contributed by atoms with E-state index in [-0.39, 0.29) is 35.4 Å². The second-order valence-electron chi connectivity index (χ2n) is 5.84. The molecule has 2 N–H and O–H groups in total. The van der Waals surface area contributed by atoms with Crippen molar-refractivity contribution < 1.29 is 27.9 Å². The van der Waals surface area contributed by atoms with Crippen LogP contribution in [0.15, 0.2) is 29.2 Å². The van der Waals surface area contributed by atoms with Crippen LogP contribution in [0.1, 0.15) is 24.2 Å². The second-order valence-corrected chi connectivity index (χ2v) is 7.73. The van der Waals surface area contributed by atoms with Gasteiger partial charge in [0, 0.05) is 39.7 Å². The van der Waals surface area contributed by atoms with Crippen LogP contribution in [0.4, 0.5) is 0 Å². The normalized spacial score (nSPS) is 12.5. The quantitative estimate of drug-likeness (QED) is 0.648. The fourth-order valence-electron chi connectivity index (χ4n) is 2.17. The van der Waals surface area contributed by atoms with Gasteiger partial charge in [-0.1, -0.05) is 6.07 Å². The lowest BCUT2D eigenvalue weighted by Crippen LogP contribution is -2.46. The van der Waals surface area contributed by atoms with E-state index in [4.69, 9.17) is 0 Å². The smallest absolute Gasteiger partial charge is 0.321 e. The number of nitrogens with one attached hydrogen (secondary N) is 1. The van der Waals surface area contributed by atoms with Gasteiger partial charge in [-0.05, 0) is 25.1 Å². The van der Waals surface area contributed by atoms with Gasteiger partial charge in [0.25, 0.3) is 5.91 Å². The fraction of sp³-hybridized carbons (Fsp3) is 0.438. The van der Waals surface area contributed by atoms with Gasteiger partial charge >= 0.3 is 5.97 Å². The number of carbonyl (C=O) groups is 3. The lowest BCUT2D eigenvalue weighted by Gasteiger charge is -2.26. The molecule has 26 heavy (non-hydrogen) atoms. The number of nitrogens with zero attached hydrogens (tertiary/aromatic N) is 2. The molecule has 0 aliphatic heterocycles. The third-order valence-corrected chi connectivity index (χ3v) is 5.56. The maximum absolute atomic E-state index is 12.9. The fourth-order valence-corrected chi connectivity index (χ4v) is 3.81. The van der Waals surface area contributed by atoms with Crippen LogP contribution in [-0.4, -0.2) is 73.7 Å². The van der Waals surface area contributed by atoms with E-state index in [1.54, 1.807) is 0 Å². The van der Waals surface area contributed by atoms with E-state index in [0.717, 1.165) is 4.31 Å². The average Bonchev–Trinajstić information content (AvgIpc) is 2.56. The van der Waals surface area contributed by atoms with Crippen molar-refractivity contribution in [2.45, 2.75) is 24.8 Å². The Balaban J connectivity index is 3.26. The zero-order chi connectivity index (χ0) is 20.1. The summed E-state index contributed by atoms with van der Waals surface area (Å²) in [6, 6.07) is 4.05. The van der Waals surface area contributed by atoms with Gasteiger partial charge in [0.15, 0.2) is 0 Å². The van der Waals surface area contributed by atoms with Gasteiger partial charge in [-0.15, -0.1) is 0 Å². The molecule has 1 atom stereocenters. The molecule has 0 fully saturated rings. The molecule has 0 aliphatic rings. The predicted molar refractivity (Wildman–Crippen MR) is 94.1 cm³/mol. The molecular weight excluding hydrogens is 362 g/mol. The van der Waals surface area contributed by atoms with E-state index in [9.17, 15) is 27.9 Å². The summed E-state index contributed by atoms with van der Waals surface area (Å²) in [5, 5.41) is 11.7. The zero-order valence-electron chi connectivity index (χ0n) is 15.1. The van der Waals surface area contributed by atoms with E-state index in [1.165, 1.54) is 57.1 Å². The Morgan fingerprint density at radius 1 is 1.23 bits per heavy atom.